The minimum atomic E-state index is -0.240. The van der Waals surface area contributed by atoms with E-state index in [1.165, 1.54) is 5.56 Å². The van der Waals surface area contributed by atoms with Crippen LogP contribution in [0.25, 0.3) is 11.1 Å². The van der Waals surface area contributed by atoms with Crippen molar-refractivity contribution < 1.29 is 14.1 Å². The predicted octanol–water partition coefficient (Wildman–Crippen LogP) is 6.40. The Morgan fingerprint density at radius 2 is 1.63 bits per heavy atom. The van der Waals surface area contributed by atoms with Crippen molar-refractivity contribution in [1.82, 2.24) is 9.97 Å². The van der Waals surface area contributed by atoms with Gasteiger partial charge in [-0.3, -0.25) is 9.78 Å². The number of pyridine rings is 1. The van der Waals surface area contributed by atoms with Gasteiger partial charge in [0.1, 0.15) is 18.5 Å². The number of anilines is 1. The summed E-state index contributed by atoms with van der Waals surface area (Å²) >= 11 is 0. The van der Waals surface area contributed by atoms with Crippen LogP contribution in [0.15, 0.2) is 91.5 Å². The number of carbonyl (C=O) groups excluding carboxylic acids is 1. The quantitative estimate of drug-likeness (QED) is 0.238. The molecule has 4 rings (SSSR count). The van der Waals surface area contributed by atoms with Crippen LogP contribution in [0.5, 0.6) is 5.75 Å². The van der Waals surface area contributed by atoms with E-state index in [1.54, 1.807) is 0 Å². The molecular weight excluding hydrogens is 472 g/mol. The second-order valence-electron chi connectivity index (χ2n) is 10.1. The van der Waals surface area contributed by atoms with Crippen molar-refractivity contribution in [2.75, 3.05) is 11.9 Å². The average molecular weight is 510 g/mol. The second-order valence-corrected chi connectivity index (χ2v) is 10.1. The van der Waals surface area contributed by atoms with Gasteiger partial charge in [-0.1, -0.05) is 56.1 Å². The first-order chi connectivity index (χ1) is 18.4. The predicted molar refractivity (Wildman–Crippen MR) is 151 cm³/mol. The van der Waals surface area contributed by atoms with Gasteiger partial charge in [-0.2, -0.15) is 0 Å². The van der Waals surface area contributed by atoms with Gasteiger partial charge in [-0.15, -0.1) is 0 Å². The summed E-state index contributed by atoms with van der Waals surface area (Å²) in [6, 6.07) is 21.8. The summed E-state index contributed by atoms with van der Waals surface area (Å²) in [5.74, 6) is 2.13. The molecule has 4 aromatic rings. The van der Waals surface area contributed by atoms with Crippen molar-refractivity contribution in [3.63, 3.8) is 0 Å². The Bertz CT molecular complexity index is 1310. The smallest absolute Gasteiger partial charge is 0.300 e. The van der Waals surface area contributed by atoms with Gasteiger partial charge in [-0.05, 0) is 66.8 Å². The van der Waals surface area contributed by atoms with Gasteiger partial charge in [0.15, 0.2) is 6.20 Å². The molecule has 0 spiro atoms. The van der Waals surface area contributed by atoms with Gasteiger partial charge < -0.3 is 10.1 Å². The number of nitrogens with zero attached hydrogens (tertiary/aromatic N) is 3. The van der Waals surface area contributed by atoms with E-state index < -0.39 is 0 Å². The zero-order valence-electron chi connectivity index (χ0n) is 22.7. The van der Waals surface area contributed by atoms with Crippen molar-refractivity contribution >= 4 is 11.6 Å². The van der Waals surface area contributed by atoms with E-state index in [9.17, 15) is 4.79 Å². The van der Waals surface area contributed by atoms with Crippen LogP contribution in [0.1, 0.15) is 57.3 Å². The average Bonchev–Trinajstić information content (AvgIpc) is 2.94. The van der Waals surface area contributed by atoms with Gasteiger partial charge in [0, 0.05) is 18.1 Å². The van der Waals surface area contributed by atoms with E-state index in [1.807, 2.05) is 80.1 Å². The van der Waals surface area contributed by atoms with Crippen LogP contribution in [0.3, 0.4) is 0 Å². The number of rotatable bonds is 11. The van der Waals surface area contributed by atoms with E-state index in [0.717, 1.165) is 34.8 Å². The van der Waals surface area contributed by atoms with Crippen LogP contribution in [0.2, 0.25) is 0 Å². The summed E-state index contributed by atoms with van der Waals surface area (Å²) in [5, 5.41) is 3.05. The van der Waals surface area contributed by atoms with Crippen LogP contribution in [0.4, 0.5) is 5.69 Å². The first kappa shape index (κ1) is 27.0. The van der Waals surface area contributed by atoms with E-state index >= 15 is 0 Å². The highest BCUT2D eigenvalue weighted by atomic mass is 16.5. The van der Waals surface area contributed by atoms with Crippen molar-refractivity contribution in [1.29, 1.82) is 0 Å². The van der Waals surface area contributed by atoms with Gasteiger partial charge in [-0.25, -0.2) is 4.57 Å². The first-order valence-corrected chi connectivity index (χ1v) is 13.3. The first-order valence-electron chi connectivity index (χ1n) is 13.3. The molecule has 0 bridgehead atoms. The number of hydrogen-bond donors (Lipinski definition) is 1. The molecule has 2 atom stereocenters. The minimum absolute atomic E-state index is 0.0304. The summed E-state index contributed by atoms with van der Waals surface area (Å²) in [6.07, 6.45) is 8.57. The lowest BCUT2D eigenvalue weighted by molar-refractivity contribution is -0.711. The second kappa shape index (κ2) is 13.0. The third-order valence-corrected chi connectivity index (χ3v) is 6.68. The maximum atomic E-state index is 13.0. The van der Waals surface area contributed by atoms with Crippen LogP contribution in [-0.4, -0.2) is 22.5 Å². The summed E-state index contributed by atoms with van der Waals surface area (Å²) in [7, 11) is 0. The molecule has 2 unspecified atom stereocenters. The topological polar surface area (TPSA) is 68.0 Å². The molecule has 196 valence electrons. The Kier molecular flexibility index (Phi) is 9.20. The number of benzene rings is 2. The van der Waals surface area contributed by atoms with Gasteiger partial charge in [0.2, 0.25) is 5.91 Å². The molecular formula is C32H37N4O2+. The number of hydrogen-bond acceptors (Lipinski definition) is 4. The SMILES string of the molecule is CC(C[n+]1cc(-c2ccccc2)cnc1C(C)C)C(=O)Nc1ccc(OCCC(C)c2ccncc2)cc1. The fourth-order valence-corrected chi connectivity index (χ4v) is 4.37. The van der Waals surface area contributed by atoms with Crippen molar-refractivity contribution in [3.8, 4) is 16.9 Å². The molecule has 0 aliphatic carbocycles. The van der Waals surface area contributed by atoms with Crippen LogP contribution < -0.4 is 14.6 Å². The molecule has 0 fully saturated rings. The molecule has 38 heavy (non-hydrogen) atoms. The minimum Gasteiger partial charge on any atom is -0.494 e. The van der Waals surface area contributed by atoms with Gasteiger partial charge >= 0.3 is 5.82 Å². The Labute approximate surface area is 225 Å². The molecule has 1 N–H and O–H groups in total. The van der Waals surface area contributed by atoms with Crippen LogP contribution in [-0.2, 0) is 11.3 Å². The van der Waals surface area contributed by atoms with Crippen molar-refractivity contribution in [2.45, 2.75) is 52.5 Å². The normalized spacial score (nSPS) is 12.7. The molecule has 1 amide bonds. The fourth-order valence-electron chi connectivity index (χ4n) is 4.37. The maximum absolute atomic E-state index is 13.0. The standard InChI is InChI=1S/C32H36N4O2/c1-23(2)31-34-20-28(27-8-6-5-7-9-27)22-36(31)21-25(4)32(37)35-29-10-12-30(13-11-29)38-19-16-24(3)26-14-17-33-18-15-26/h5-15,17-18,20,22-25H,16,19,21H2,1-4H3/p+1. The molecule has 0 saturated carbocycles. The Hall–Kier alpha value is -4.06. The van der Waals surface area contributed by atoms with Gasteiger partial charge in [0.05, 0.1) is 24.0 Å². The van der Waals surface area contributed by atoms with Crippen LogP contribution >= 0.6 is 0 Å². The lowest BCUT2D eigenvalue weighted by atomic mass is 10.00. The third-order valence-electron chi connectivity index (χ3n) is 6.68. The Balaban J connectivity index is 1.33. The molecule has 2 aromatic heterocycles. The Morgan fingerprint density at radius 1 is 0.921 bits per heavy atom. The highest BCUT2D eigenvalue weighted by molar-refractivity contribution is 5.92. The van der Waals surface area contributed by atoms with Crippen molar-refractivity contribution in [3.05, 3.63) is 103 Å². The summed E-state index contributed by atoms with van der Waals surface area (Å²) in [5.41, 5.74) is 4.16. The molecule has 2 heterocycles. The lowest BCUT2D eigenvalue weighted by Gasteiger charge is -2.15. The van der Waals surface area contributed by atoms with Crippen LogP contribution in [0, 0.1) is 5.92 Å². The largest absolute Gasteiger partial charge is 0.494 e. The molecule has 0 aliphatic rings. The van der Waals surface area contributed by atoms with E-state index in [2.05, 4.69) is 54.0 Å². The molecule has 0 saturated heterocycles. The molecule has 2 aromatic carbocycles. The maximum Gasteiger partial charge on any atom is 0.300 e. The molecule has 6 heteroatoms. The van der Waals surface area contributed by atoms with E-state index in [0.29, 0.717) is 19.1 Å². The highest BCUT2D eigenvalue weighted by Gasteiger charge is 2.23. The summed E-state index contributed by atoms with van der Waals surface area (Å²) in [4.78, 5) is 21.8. The fraction of sp³-hybridized carbons (Fsp3) is 0.312. The van der Waals surface area contributed by atoms with Crippen molar-refractivity contribution in [2.24, 2.45) is 5.92 Å². The van der Waals surface area contributed by atoms with Gasteiger partial charge in [0.25, 0.3) is 0 Å². The number of ether oxygens (including phenoxy) is 1. The summed E-state index contributed by atoms with van der Waals surface area (Å²) in [6.45, 7) is 9.55. The number of carbonyl (C=O) groups is 1. The van der Waals surface area contributed by atoms with E-state index in [-0.39, 0.29) is 17.7 Å². The number of amides is 1. The van der Waals surface area contributed by atoms with E-state index in [4.69, 9.17) is 9.72 Å². The summed E-state index contributed by atoms with van der Waals surface area (Å²) < 4.78 is 8.04. The zero-order chi connectivity index (χ0) is 26.9. The highest BCUT2D eigenvalue weighted by Crippen LogP contribution is 2.21. The zero-order valence-corrected chi connectivity index (χ0v) is 22.7. The lowest BCUT2D eigenvalue weighted by Crippen LogP contribution is -2.45. The monoisotopic (exact) mass is 509 g/mol. The Morgan fingerprint density at radius 3 is 2.32 bits per heavy atom. The molecule has 0 radical (unpaired) electrons. The number of aromatic nitrogens is 3. The third kappa shape index (κ3) is 7.25. The number of nitrogens with one attached hydrogen (secondary N) is 1. The molecule has 0 aliphatic heterocycles. The molecule has 6 nitrogen and oxygen atoms in total.